The molecule has 61 heavy (non-hydrogen) atoms. The standard InChI is InChI=1S/C49H36O12/c50-28-6-2-24(3-7-28)43-36(37-19-33(55)21-40(58)47(37)45(43)26-13-29(51)17-30(52)14-26)11-23-1-10-39(57)42(12-23)61-35-8-4-25(5-9-35)44-46(27-15-31(53)18-32(54)16-27)49(60)38-20-34(56)22-41(59)48(38)44/h1-10,12-22,44-46,50-59H,11H2/t44-,45+,46-/m0/s1. The number of carbonyl (C=O) groups excluding carboxylic acids is 1. The van der Waals surface area contributed by atoms with Crippen LogP contribution in [0.3, 0.4) is 0 Å². The van der Waals surface area contributed by atoms with E-state index in [2.05, 4.69) is 0 Å². The predicted molar refractivity (Wildman–Crippen MR) is 223 cm³/mol. The van der Waals surface area contributed by atoms with Gasteiger partial charge in [0.25, 0.3) is 0 Å². The summed E-state index contributed by atoms with van der Waals surface area (Å²) in [5.74, 6) is -4.59. The van der Waals surface area contributed by atoms with Crippen LogP contribution in [-0.2, 0) is 6.42 Å². The number of phenols is 10. The lowest BCUT2D eigenvalue weighted by Crippen LogP contribution is -2.13. The predicted octanol–water partition coefficient (Wildman–Crippen LogP) is 8.95. The van der Waals surface area contributed by atoms with Crippen LogP contribution in [-0.4, -0.2) is 56.8 Å². The maximum Gasteiger partial charge on any atom is 0.171 e. The fourth-order valence-electron chi connectivity index (χ4n) is 8.89. The number of hydrogen-bond donors (Lipinski definition) is 10. The number of phenolic OH excluding ortho intramolecular Hbond substituents is 10. The van der Waals surface area contributed by atoms with Crippen molar-refractivity contribution >= 4 is 16.9 Å². The average molecular weight is 817 g/mol. The van der Waals surface area contributed by atoms with Crippen molar-refractivity contribution in [1.29, 1.82) is 0 Å². The molecule has 9 rings (SSSR count). The van der Waals surface area contributed by atoms with Crippen molar-refractivity contribution in [3.05, 3.63) is 177 Å². The van der Waals surface area contributed by atoms with E-state index in [-0.39, 0.29) is 80.8 Å². The van der Waals surface area contributed by atoms with Gasteiger partial charge in [0.1, 0.15) is 57.5 Å². The van der Waals surface area contributed by atoms with Crippen LogP contribution in [0.4, 0.5) is 0 Å². The first kappa shape index (κ1) is 38.3. The van der Waals surface area contributed by atoms with Crippen LogP contribution in [0.5, 0.6) is 69.0 Å². The number of rotatable bonds is 8. The molecular weight excluding hydrogens is 781 g/mol. The number of ketones is 1. The third-order valence-electron chi connectivity index (χ3n) is 11.3. The summed E-state index contributed by atoms with van der Waals surface area (Å²) in [4.78, 5) is 13.8. The van der Waals surface area contributed by atoms with Gasteiger partial charge in [0.05, 0.1) is 5.92 Å². The van der Waals surface area contributed by atoms with Gasteiger partial charge in [-0.1, -0.05) is 30.3 Å². The summed E-state index contributed by atoms with van der Waals surface area (Å²) in [6.07, 6.45) is 0.184. The zero-order valence-electron chi connectivity index (χ0n) is 31.9. The number of ether oxygens (including phenoxy) is 1. The molecule has 0 aliphatic heterocycles. The highest BCUT2D eigenvalue weighted by molar-refractivity contribution is 6.08. The Morgan fingerprint density at radius 3 is 1.62 bits per heavy atom. The summed E-state index contributed by atoms with van der Waals surface area (Å²) >= 11 is 0. The molecule has 0 saturated carbocycles. The molecule has 0 radical (unpaired) electrons. The van der Waals surface area contributed by atoms with E-state index in [1.54, 1.807) is 48.5 Å². The van der Waals surface area contributed by atoms with Crippen LogP contribution in [0.25, 0.3) is 11.1 Å². The molecule has 7 aromatic rings. The Morgan fingerprint density at radius 1 is 0.443 bits per heavy atom. The van der Waals surface area contributed by atoms with Crippen molar-refractivity contribution in [2.24, 2.45) is 0 Å². The first-order valence-electron chi connectivity index (χ1n) is 19.1. The smallest absolute Gasteiger partial charge is 0.171 e. The van der Waals surface area contributed by atoms with Crippen LogP contribution >= 0.6 is 0 Å². The van der Waals surface area contributed by atoms with E-state index in [1.807, 2.05) is 0 Å². The van der Waals surface area contributed by atoms with Crippen molar-refractivity contribution in [2.75, 3.05) is 0 Å². The normalized spacial score (nSPS) is 16.7. The molecule has 12 nitrogen and oxygen atoms in total. The molecule has 0 spiro atoms. The lowest BCUT2D eigenvalue weighted by Gasteiger charge is -2.22. The first-order valence-corrected chi connectivity index (χ1v) is 19.1. The summed E-state index contributed by atoms with van der Waals surface area (Å²) < 4.78 is 6.21. The zero-order chi connectivity index (χ0) is 42.9. The Labute approximate surface area is 347 Å². The number of carbonyl (C=O) groups is 1. The molecular formula is C49H36O12. The largest absolute Gasteiger partial charge is 0.508 e. The molecule has 0 aromatic heterocycles. The fraction of sp³-hybridized carbons (Fsp3) is 0.0816. The number of Topliss-reactive ketones (excluding diaryl/α,β-unsaturated/α-hetero) is 1. The Bertz CT molecular complexity index is 2910. The van der Waals surface area contributed by atoms with Crippen LogP contribution in [0.15, 0.2) is 127 Å². The maximum absolute atomic E-state index is 13.8. The van der Waals surface area contributed by atoms with E-state index in [9.17, 15) is 55.9 Å². The van der Waals surface area contributed by atoms with E-state index in [4.69, 9.17) is 4.74 Å². The van der Waals surface area contributed by atoms with Gasteiger partial charge in [0, 0.05) is 52.8 Å². The molecule has 0 bridgehead atoms. The Balaban J connectivity index is 1.09. The van der Waals surface area contributed by atoms with E-state index in [0.717, 1.165) is 12.1 Å². The van der Waals surface area contributed by atoms with E-state index >= 15 is 0 Å². The highest BCUT2D eigenvalue weighted by Gasteiger charge is 2.44. The molecule has 7 aromatic carbocycles. The van der Waals surface area contributed by atoms with Crippen LogP contribution in [0.2, 0.25) is 0 Å². The highest BCUT2D eigenvalue weighted by Crippen LogP contribution is 2.56. The van der Waals surface area contributed by atoms with E-state index in [1.165, 1.54) is 66.7 Å². The van der Waals surface area contributed by atoms with Crippen LogP contribution < -0.4 is 4.74 Å². The van der Waals surface area contributed by atoms with Gasteiger partial charge in [-0.2, -0.15) is 0 Å². The topological polar surface area (TPSA) is 229 Å². The fourth-order valence-corrected chi connectivity index (χ4v) is 8.89. The van der Waals surface area contributed by atoms with Gasteiger partial charge in [-0.15, -0.1) is 0 Å². The van der Waals surface area contributed by atoms with Crippen molar-refractivity contribution in [2.45, 2.75) is 24.2 Å². The minimum Gasteiger partial charge on any atom is -0.508 e. The number of hydrogen-bond acceptors (Lipinski definition) is 12. The third-order valence-corrected chi connectivity index (χ3v) is 11.3. The van der Waals surface area contributed by atoms with Crippen molar-refractivity contribution in [1.82, 2.24) is 0 Å². The Morgan fingerprint density at radius 2 is 1.00 bits per heavy atom. The lowest BCUT2D eigenvalue weighted by molar-refractivity contribution is 0.0967. The van der Waals surface area contributed by atoms with Crippen molar-refractivity contribution in [3.8, 4) is 69.0 Å². The second-order valence-electron chi connectivity index (χ2n) is 15.3. The Hall–Kier alpha value is -8.25. The van der Waals surface area contributed by atoms with Gasteiger partial charge in [-0.05, 0) is 124 Å². The summed E-state index contributed by atoms with van der Waals surface area (Å²) in [6, 6.07) is 31.1. The molecule has 0 heterocycles. The van der Waals surface area contributed by atoms with Crippen molar-refractivity contribution in [3.63, 3.8) is 0 Å². The van der Waals surface area contributed by atoms with Gasteiger partial charge >= 0.3 is 0 Å². The molecule has 0 unspecified atom stereocenters. The molecule has 3 atom stereocenters. The number of benzene rings is 7. The Kier molecular flexibility index (Phi) is 9.12. The minimum absolute atomic E-state index is 0.0263. The second-order valence-corrected chi connectivity index (χ2v) is 15.3. The molecule has 2 aliphatic rings. The minimum atomic E-state index is -0.976. The van der Waals surface area contributed by atoms with Gasteiger partial charge in [0.2, 0.25) is 0 Å². The van der Waals surface area contributed by atoms with Crippen LogP contribution in [0, 0.1) is 0 Å². The number of fused-ring (bicyclic) bond motifs is 2. The maximum atomic E-state index is 13.8. The zero-order valence-corrected chi connectivity index (χ0v) is 31.9. The van der Waals surface area contributed by atoms with Gasteiger partial charge in [-0.3, -0.25) is 4.79 Å². The molecule has 10 N–H and O–H groups in total. The monoisotopic (exact) mass is 816 g/mol. The van der Waals surface area contributed by atoms with Crippen molar-refractivity contribution < 1.29 is 60.6 Å². The van der Waals surface area contributed by atoms with Gasteiger partial charge in [-0.25, -0.2) is 0 Å². The van der Waals surface area contributed by atoms with E-state index < -0.39 is 23.5 Å². The summed E-state index contributed by atoms with van der Waals surface area (Å²) in [5, 5.41) is 106. The summed E-state index contributed by atoms with van der Waals surface area (Å²) in [6.45, 7) is 0. The van der Waals surface area contributed by atoms with E-state index in [0.29, 0.717) is 55.8 Å². The molecule has 0 saturated heterocycles. The highest BCUT2D eigenvalue weighted by atomic mass is 16.5. The SMILES string of the molecule is O=C1c2cc(O)cc(O)c2[C@@H](c2ccc(Oc3cc(CC4=C(c5ccc(O)cc5)[C@@H](c5cc(O)cc(O)c5)c5c(O)cc(O)cc54)ccc3O)cc2)[C@@H]1c1cc(O)cc(O)c1. The first-order chi connectivity index (χ1) is 29.2. The van der Waals surface area contributed by atoms with Gasteiger partial charge < -0.3 is 55.8 Å². The third kappa shape index (κ3) is 6.85. The summed E-state index contributed by atoms with van der Waals surface area (Å²) in [5.41, 5.74) is 5.28. The number of allylic oxidation sites excluding steroid dienone is 2. The molecule has 2 aliphatic carbocycles. The molecule has 304 valence electrons. The lowest BCUT2D eigenvalue weighted by atomic mass is 9.81. The quantitative estimate of drug-likeness (QED) is 0.0693. The average Bonchev–Trinajstić information content (AvgIpc) is 3.67. The van der Waals surface area contributed by atoms with Crippen LogP contribution in [0.1, 0.15) is 72.6 Å². The van der Waals surface area contributed by atoms with Gasteiger partial charge in [0.15, 0.2) is 17.3 Å². The number of aromatic hydroxyl groups is 10. The summed E-state index contributed by atoms with van der Waals surface area (Å²) in [7, 11) is 0. The second kappa shape index (κ2) is 14.5. The molecule has 0 fully saturated rings. The molecule has 0 amide bonds. The molecule has 12 heteroatoms.